The highest BCUT2D eigenvalue weighted by atomic mass is 32.2. The maximum absolute atomic E-state index is 13.0. The van der Waals surface area contributed by atoms with Crippen LogP contribution in [0.5, 0.6) is 0 Å². The predicted octanol–water partition coefficient (Wildman–Crippen LogP) is 3.85. The van der Waals surface area contributed by atoms with E-state index in [1.807, 2.05) is 35.8 Å². The van der Waals surface area contributed by atoms with Crippen LogP contribution in [0.1, 0.15) is 21.7 Å². The van der Waals surface area contributed by atoms with Gasteiger partial charge in [-0.25, -0.2) is 0 Å². The van der Waals surface area contributed by atoms with E-state index in [9.17, 15) is 9.59 Å². The van der Waals surface area contributed by atoms with Gasteiger partial charge in [-0.2, -0.15) is 0 Å². The van der Waals surface area contributed by atoms with Crippen molar-refractivity contribution < 1.29 is 14.0 Å². The SMILES string of the molecule is Cc1ccccc1-n1cnnc1SCC(=O)N(C)c1ccccc1C(=O)NCc1ccco1. The lowest BCUT2D eigenvalue weighted by atomic mass is 10.1. The summed E-state index contributed by atoms with van der Waals surface area (Å²) < 4.78 is 7.12. The predicted molar refractivity (Wildman–Crippen MR) is 127 cm³/mol. The highest BCUT2D eigenvalue weighted by Crippen LogP contribution is 2.24. The van der Waals surface area contributed by atoms with Crippen LogP contribution in [0.25, 0.3) is 5.69 Å². The lowest BCUT2D eigenvalue weighted by molar-refractivity contribution is -0.115. The van der Waals surface area contributed by atoms with Crippen molar-refractivity contribution in [2.75, 3.05) is 17.7 Å². The third-order valence-corrected chi connectivity index (χ3v) is 6.03. The first-order valence-electron chi connectivity index (χ1n) is 10.3. The van der Waals surface area contributed by atoms with Gasteiger partial charge in [0.25, 0.3) is 5.91 Å². The summed E-state index contributed by atoms with van der Waals surface area (Å²) in [6.45, 7) is 2.28. The first-order chi connectivity index (χ1) is 16.0. The van der Waals surface area contributed by atoms with Crippen molar-refractivity contribution in [3.8, 4) is 5.69 Å². The average molecular weight is 462 g/mol. The maximum atomic E-state index is 13.0. The highest BCUT2D eigenvalue weighted by Gasteiger charge is 2.20. The van der Waals surface area contributed by atoms with Gasteiger partial charge in [0, 0.05) is 7.05 Å². The number of amides is 2. The maximum Gasteiger partial charge on any atom is 0.253 e. The molecule has 9 heteroatoms. The largest absolute Gasteiger partial charge is 0.467 e. The Morgan fingerprint density at radius 2 is 1.88 bits per heavy atom. The summed E-state index contributed by atoms with van der Waals surface area (Å²) in [4.78, 5) is 27.2. The van der Waals surface area contributed by atoms with Crippen molar-refractivity contribution in [3.05, 3.63) is 90.1 Å². The van der Waals surface area contributed by atoms with E-state index in [0.29, 0.717) is 22.2 Å². The number of nitrogens with zero attached hydrogens (tertiary/aromatic N) is 4. The molecule has 2 aromatic carbocycles. The van der Waals surface area contributed by atoms with Crippen molar-refractivity contribution in [1.29, 1.82) is 0 Å². The van der Waals surface area contributed by atoms with Gasteiger partial charge in [-0.3, -0.25) is 14.2 Å². The molecule has 0 unspecified atom stereocenters. The zero-order valence-electron chi connectivity index (χ0n) is 18.3. The quantitative estimate of drug-likeness (QED) is 0.401. The van der Waals surface area contributed by atoms with Crippen molar-refractivity contribution in [2.24, 2.45) is 0 Å². The fourth-order valence-electron chi connectivity index (χ4n) is 3.31. The molecule has 0 aliphatic carbocycles. The Morgan fingerprint density at radius 3 is 2.67 bits per heavy atom. The second-order valence-electron chi connectivity index (χ2n) is 7.29. The zero-order chi connectivity index (χ0) is 23.2. The summed E-state index contributed by atoms with van der Waals surface area (Å²) >= 11 is 1.30. The highest BCUT2D eigenvalue weighted by molar-refractivity contribution is 7.99. The van der Waals surface area contributed by atoms with Crippen molar-refractivity contribution in [3.63, 3.8) is 0 Å². The second kappa shape index (κ2) is 10.2. The van der Waals surface area contributed by atoms with Crippen LogP contribution in [0.3, 0.4) is 0 Å². The summed E-state index contributed by atoms with van der Waals surface area (Å²) in [6.07, 6.45) is 3.19. The molecular formula is C24H23N5O3S. The number of carbonyl (C=O) groups is 2. The van der Waals surface area contributed by atoms with E-state index in [1.54, 1.807) is 56.0 Å². The van der Waals surface area contributed by atoms with Crippen LogP contribution in [0.15, 0.2) is 82.8 Å². The minimum Gasteiger partial charge on any atom is -0.467 e. The van der Waals surface area contributed by atoms with Crippen molar-refractivity contribution >= 4 is 29.3 Å². The number of anilines is 1. The molecule has 0 fully saturated rings. The molecule has 168 valence electrons. The van der Waals surface area contributed by atoms with Crippen LogP contribution in [0, 0.1) is 6.92 Å². The van der Waals surface area contributed by atoms with Gasteiger partial charge in [-0.1, -0.05) is 42.1 Å². The molecule has 2 aromatic heterocycles. The zero-order valence-corrected chi connectivity index (χ0v) is 19.1. The monoisotopic (exact) mass is 461 g/mol. The van der Waals surface area contributed by atoms with Crippen LogP contribution in [-0.4, -0.2) is 39.4 Å². The Labute approximate surface area is 195 Å². The summed E-state index contributed by atoms with van der Waals surface area (Å²) in [5.74, 6) is 0.349. The molecule has 2 amide bonds. The Morgan fingerprint density at radius 1 is 1.09 bits per heavy atom. The fourth-order valence-corrected chi connectivity index (χ4v) is 4.15. The molecule has 0 aliphatic heterocycles. The molecule has 0 spiro atoms. The standard InChI is InChI=1S/C24H23N5O3S/c1-17-8-3-5-11-20(17)29-16-26-27-24(29)33-15-22(30)28(2)21-12-6-4-10-19(21)23(31)25-14-18-9-7-13-32-18/h3-13,16H,14-15H2,1-2H3,(H,25,31). The number of thioether (sulfide) groups is 1. The number of para-hydroxylation sites is 2. The number of benzene rings is 2. The summed E-state index contributed by atoms with van der Waals surface area (Å²) in [6, 6.07) is 18.5. The van der Waals surface area contributed by atoms with Crippen molar-refractivity contribution in [2.45, 2.75) is 18.6 Å². The number of aromatic nitrogens is 3. The molecule has 0 atom stereocenters. The van der Waals surface area contributed by atoms with E-state index in [1.165, 1.54) is 16.7 Å². The fraction of sp³-hybridized carbons (Fsp3) is 0.167. The number of carbonyl (C=O) groups excluding carboxylic acids is 2. The molecule has 4 rings (SSSR count). The first kappa shape index (κ1) is 22.3. The number of nitrogens with one attached hydrogen (secondary N) is 1. The van der Waals surface area contributed by atoms with Gasteiger partial charge in [0.2, 0.25) is 5.91 Å². The molecule has 0 bridgehead atoms. The molecule has 33 heavy (non-hydrogen) atoms. The van der Waals surface area contributed by atoms with E-state index >= 15 is 0 Å². The smallest absolute Gasteiger partial charge is 0.253 e. The molecule has 2 heterocycles. The Balaban J connectivity index is 1.44. The Bertz CT molecular complexity index is 1250. The second-order valence-corrected chi connectivity index (χ2v) is 8.23. The Kier molecular flexibility index (Phi) is 6.89. The molecule has 0 aliphatic rings. The normalized spacial score (nSPS) is 10.7. The number of rotatable bonds is 8. The molecular weight excluding hydrogens is 438 g/mol. The van der Waals surface area contributed by atoms with E-state index in [-0.39, 0.29) is 24.1 Å². The number of hydrogen-bond acceptors (Lipinski definition) is 6. The molecule has 8 nitrogen and oxygen atoms in total. The first-order valence-corrected chi connectivity index (χ1v) is 11.3. The lowest BCUT2D eigenvalue weighted by Crippen LogP contribution is -2.31. The van der Waals surface area contributed by atoms with Gasteiger partial charge < -0.3 is 14.6 Å². The van der Waals surface area contributed by atoms with Gasteiger partial charge in [0.1, 0.15) is 12.1 Å². The minimum atomic E-state index is -0.284. The van der Waals surface area contributed by atoms with E-state index < -0.39 is 0 Å². The summed E-state index contributed by atoms with van der Waals surface area (Å²) in [5.41, 5.74) is 2.98. The molecule has 0 saturated carbocycles. The van der Waals surface area contributed by atoms with Gasteiger partial charge in [0.15, 0.2) is 5.16 Å². The van der Waals surface area contributed by atoms with Crippen LogP contribution in [0.2, 0.25) is 0 Å². The van der Waals surface area contributed by atoms with Crippen LogP contribution in [0.4, 0.5) is 5.69 Å². The van der Waals surface area contributed by atoms with E-state index in [4.69, 9.17) is 4.42 Å². The van der Waals surface area contributed by atoms with Gasteiger partial charge >= 0.3 is 0 Å². The summed E-state index contributed by atoms with van der Waals surface area (Å²) in [7, 11) is 1.66. The van der Waals surface area contributed by atoms with Crippen LogP contribution >= 0.6 is 11.8 Å². The lowest BCUT2D eigenvalue weighted by Gasteiger charge is -2.20. The third-order valence-electron chi connectivity index (χ3n) is 5.10. The number of aryl methyl sites for hydroxylation is 1. The topological polar surface area (TPSA) is 93.3 Å². The number of hydrogen-bond donors (Lipinski definition) is 1. The number of furan rings is 1. The minimum absolute atomic E-state index is 0.142. The molecule has 4 aromatic rings. The molecule has 0 radical (unpaired) electrons. The average Bonchev–Trinajstić information content (AvgIpc) is 3.53. The third kappa shape index (κ3) is 5.15. The summed E-state index contributed by atoms with van der Waals surface area (Å²) in [5, 5.41) is 11.6. The van der Waals surface area contributed by atoms with Crippen LogP contribution < -0.4 is 10.2 Å². The van der Waals surface area contributed by atoms with Crippen molar-refractivity contribution in [1.82, 2.24) is 20.1 Å². The van der Waals surface area contributed by atoms with Gasteiger partial charge in [-0.05, 0) is 42.8 Å². The molecule has 0 saturated heterocycles. The van der Waals surface area contributed by atoms with Crippen LogP contribution in [-0.2, 0) is 11.3 Å². The van der Waals surface area contributed by atoms with Gasteiger partial charge in [0.05, 0.1) is 35.5 Å². The van der Waals surface area contributed by atoms with Gasteiger partial charge in [-0.15, -0.1) is 10.2 Å². The van der Waals surface area contributed by atoms with E-state index in [0.717, 1.165) is 11.3 Å². The molecule has 1 N–H and O–H groups in total. The Hall–Kier alpha value is -3.85. The van der Waals surface area contributed by atoms with E-state index in [2.05, 4.69) is 15.5 Å².